The predicted octanol–water partition coefficient (Wildman–Crippen LogP) is 1.48. The van der Waals surface area contributed by atoms with Gasteiger partial charge in [0, 0.05) is 31.4 Å². The van der Waals surface area contributed by atoms with Gasteiger partial charge in [0.25, 0.3) is 0 Å². The summed E-state index contributed by atoms with van der Waals surface area (Å²) in [5, 5.41) is 8.82. The Balaban J connectivity index is 1.98. The van der Waals surface area contributed by atoms with E-state index in [1.54, 1.807) is 41.9 Å². The number of carboxylic acid groups (broad SMARTS) is 1. The molecule has 0 aliphatic heterocycles. The van der Waals surface area contributed by atoms with Gasteiger partial charge in [-0.3, -0.25) is 4.79 Å². The third-order valence-electron chi connectivity index (χ3n) is 3.67. The maximum Gasteiger partial charge on any atom is 0.309 e. The number of aryl methyl sites for hydroxylation is 1. The van der Waals surface area contributed by atoms with E-state index in [-0.39, 0.29) is 17.9 Å². The molecule has 0 fully saturated rings. The largest absolute Gasteiger partial charge is 0.481 e. The molecule has 0 saturated heterocycles. The Morgan fingerprint density at radius 2 is 1.74 bits per heavy atom. The molecule has 0 radical (unpaired) electrons. The van der Waals surface area contributed by atoms with Crippen LogP contribution in [0.2, 0.25) is 0 Å². The summed E-state index contributed by atoms with van der Waals surface area (Å²) in [7, 11) is -1.75. The Morgan fingerprint density at radius 1 is 1.13 bits per heavy atom. The van der Waals surface area contributed by atoms with Gasteiger partial charge in [-0.1, -0.05) is 17.7 Å². The normalized spacial score (nSPS) is 11.6. The molecular weight excluding hydrogens is 316 g/mol. The second-order valence-electron chi connectivity index (χ2n) is 5.41. The maximum absolute atomic E-state index is 12.2. The highest BCUT2D eigenvalue weighted by molar-refractivity contribution is 7.89. The van der Waals surface area contributed by atoms with Crippen LogP contribution in [0.15, 0.2) is 41.3 Å². The van der Waals surface area contributed by atoms with E-state index >= 15 is 0 Å². The van der Waals surface area contributed by atoms with E-state index in [0.29, 0.717) is 12.1 Å². The van der Waals surface area contributed by atoms with Gasteiger partial charge in [-0.25, -0.2) is 13.1 Å². The summed E-state index contributed by atoms with van der Waals surface area (Å²) < 4.78 is 28.7. The number of carboxylic acids is 1. The molecule has 0 atom stereocenters. The van der Waals surface area contributed by atoms with Crippen LogP contribution < -0.4 is 4.72 Å². The van der Waals surface area contributed by atoms with Crippen molar-refractivity contribution in [2.75, 3.05) is 6.54 Å². The van der Waals surface area contributed by atoms with Crippen LogP contribution in [0.3, 0.4) is 0 Å². The summed E-state index contributed by atoms with van der Waals surface area (Å²) in [6.45, 7) is 2.15. The van der Waals surface area contributed by atoms with Crippen LogP contribution in [0.1, 0.15) is 17.0 Å². The number of nitrogens with one attached hydrogen (secondary N) is 1. The fraction of sp³-hybridized carbons (Fsp3) is 0.312. The molecule has 23 heavy (non-hydrogen) atoms. The Morgan fingerprint density at radius 3 is 2.35 bits per heavy atom. The molecule has 1 heterocycles. The van der Waals surface area contributed by atoms with E-state index in [4.69, 9.17) is 5.11 Å². The summed E-state index contributed by atoms with van der Waals surface area (Å²) >= 11 is 0. The number of hydrogen-bond donors (Lipinski definition) is 2. The van der Waals surface area contributed by atoms with Crippen molar-refractivity contribution in [3.63, 3.8) is 0 Å². The predicted molar refractivity (Wildman–Crippen MR) is 86.8 cm³/mol. The van der Waals surface area contributed by atoms with Crippen molar-refractivity contribution in [3.8, 4) is 0 Å². The Labute approximate surface area is 135 Å². The van der Waals surface area contributed by atoms with Crippen molar-refractivity contribution in [1.82, 2.24) is 9.29 Å². The van der Waals surface area contributed by atoms with Crippen molar-refractivity contribution in [2.45, 2.75) is 24.7 Å². The lowest BCUT2D eigenvalue weighted by atomic mass is 10.2. The smallest absolute Gasteiger partial charge is 0.309 e. The van der Waals surface area contributed by atoms with E-state index in [1.807, 2.05) is 13.0 Å². The molecule has 0 bridgehead atoms. The molecule has 2 aromatic rings. The lowest BCUT2D eigenvalue weighted by Gasteiger charge is -2.09. The zero-order valence-electron chi connectivity index (χ0n) is 13.1. The van der Waals surface area contributed by atoms with Crippen LogP contribution in [-0.4, -0.2) is 30.6 Å². The zero-order valence-corrected chi connectivity index (χ0v) is 13.9. The van der Waals surface area contributed by atoms with Crippen LogP contribution in [0, 0.1) is 6.92 Å². The summed E-state index contributed by atoms with van der Waals surface area (Å²) in [4.78, 5) is 11.0. The van der Waals surface area contributed by atoms with Gasteiger partial charge in [-0.2, -0.15) is 0 Å². The molecule has 0 aliphatic carbocycles. The van der Waals surface area contributed by atoms with Crippen molar-refractivity contribution in [2.24, 2.45) is 7.05 Å². The Hall–Kier alpha value is -2.12. The Kier molecular flexibility index (Phi) is 5.23. The minimum atomic E-state index is -3.53. The molecule has 0 unspecified atom stereocenters. The van der Waals surface area contributed by atoms with E-state index < -0.39 is 16.0 Å². The third kappa shape index (κ3) is 4.43. The second kappa shape index (κ2) is 6.97. The van der Waals surface area contributed by atoms with Crippen LogP contribution >= 0.6 is 0 Å². The van der Waals surface area contributed by atoms with Crippen molar-refractivity contribution >= 4 is 16.0 Å². The highest BCUT2D eigenvalue weighted by Gasteiger charge is 2.14. The topological polar surface area (TPSA) is 88.4 Å². The van der Waals surface area contributed by atoms with E-state index in [2.05, 4.69) is 4.72 Å². The minimum absolute atomic E-state index is 0.0500. The van der Waals surface area contributed by atoms with Crippen LogP contribution in [0.25, 0.3) is 0 Å². The van der Waals surface area contributed by atoms with Gasteiger partial charge in [0.15, 0.2) is 0 Å². The number of sulfonamides is 1. The molecule has 124 valence electrons. The molecule has 1 aromatic carbocycles. The first-order valence-corrected chi connectivity index (χ1v) is 8.69. The first kappa shape index (κ1) is 17.2. The number of aliphatic carboxylic acids is 1. The molecule has 0 aliphatic rings. The summed E-state index contributed by atoms with van der Waals surface area (Å²) in [6, 6.07) is 10.2. The lowest BCUT2D eigenvalue weighted by Crippen LogP contribution is -2.26. The number of carbonyl (C=O) groups is 1. The van der Waals surface area contributed by atoms with Crippen LogP contribution in [0.4, 0.5) is 0 Å². The molecule has 0 saturated carbocycles. The molecule has 0 spiro atoms. The van der Waals surface area contributed by atoms with E-state index in [1.165, 1.54) is 0 Å². The Bertz CT molecular complexity index is 792. The van der Waals surface area contributed by atoms with Gasteiger partial charge >= 0.3 is 5.97 Å². The van der Waals surface area contributed by atoms with Gasteiger partial charge in [-0.15, -0.1) is 0 Å². The lowest BCUT2D eigenvalue weighted by molar-refractivity contribution is -0.136. The van der Waals surface area contributed by atoms with Gasteiger partial charge in [-0.05, 0) is 31.2 Å². The average Bonchev–Trinajstić information content (AvgIpc) is 2.80. The first-order chi connectivity index (χ1) is 10.8. The van der Waals surface area contributed by atoms with Crippen molar-refractivity contribution in [3.05, 3.63) is 53.3 Å². The maximum atomic E-state index is 12.2. The van der Waals surface area contributed by atoms with Crippen molar-refractivity contribution in [1.29, 1.82) is 0 Å². The van der Waals surface area contributed by atoms with Gasteiger partial charge in [0.2, 0.25) is 10.0 Å². The molecule has 2 rings (SSSR count). The number of rotatable bonds is 7. The highest BCUT2D eigenvalue weighted by atomic mass is 32.2. The van der Waals surface area contributed by atoms with Gasteiger partial charge in [0.05, 0.1) is 11.3 Å². The van der Waals surface area contributed by atoms with Gasteiger partial charge < -0.3 is 9.67 Å². The third-order valence-corrected chi connectivity index (χ3v) is 5.14. The molecular formula is C16H20N2O4S. The van der Waals surface area contributed by atoms with Gasteiger partial charge in [0.1, 0.15) is 0 Å². The molecule has 2 N–H and O–H groups in total. The monoisotopic (exact) mass is 336 g/mol. The average molecular weight is 336 g/mol. The zero-order chi connectivity index (χ0) is 17.0. The standard InChI is InChI=1S/C16H20N2O4S/c1-12-3-7-15(8-4-12)23(21,22)17-10-9-13-5-6-14(18(13)2)11-16(19)20/h3-8,17H,9-11H2,1-2H3,(H,19,20). The van der Waals surface area contributed by atoms with E-state index in [0.717, 1.165) is 11.3 Å². The first-order valence-electron chi connectivity index (χ1n) is 7.21. The molecule has 0 amide bonds. The molecule has 7 heteroatoms. The quantitative estimate of drug-likeness (QED) is 0.801. The fourth-order valence-electron chi connectivity index (χ4n) is 2.30. The minimum Gasteiger partial charge on any atom is -0.481 e. The number of benzene rings is 1. The second-order valence-corrected chi connectivity index (χ2v) is 7.17. The number of hydrogen-bond acceptors (Lipinski definition) is 3. The van der Waals surface area contributed by atoms with E-state index in [9.17, 15) is 13.2 Å². The highest BCUT2D eigenvalue weighted by Crippen LogP contribution is 2.11. The number of nitrogens with zero attached hydrogens (tertiary/aromatic N) is 1. The molecule has 1 aromatic heterocycles. The summed E-state index contributed by atoms with van der Waals surface area (Å²) in [5.41, 5.74) is 2.57. The number of aromatic nitrogens is 1. The summed E-state index contributed by atoms with van der Waals surface area (Å²) in [5.74, 6) is -0.891. The molecule has 6 nitrogen and oxygen atoms in total. The van der Waals surface area contributed by atoms with Crippen molar-refractivity contribution < 1.29 is 18.3 Å². The summed E-state index contributed by atoms with van der Waals surface area (Å²) in [6.07, 6.45) is 0.437. The van der Waals surface area contributed by atoms with Crippen LogP contribution in [0.5, 0.6) is 0 Å². The van der Waals surface area contributed by atoms with Crippen LogP contribution in [-0.2, 0) is 34.7 Å². The SMILES string of the molecule is Cc1ccc(S(=O)(=O)NCCc2ccc(CC(=O)O)n2C)cc1. The fourth-order valence-corrected chi connectivity index (χ4v) is 3.33.